The molecule has 3 N–H and O–H groups in total. The third kappa shape index (κ3) is 4.82. The maximum Gasteiger partial charge on any atom is 0.278 e. The Kier molecular flexibility index (Phi) is 6.55. The fourth-order valence-electron chi connectivity index (χ4n) is 3.04. The largest absolute Gasteiger partial charge is 0.493 e. The molecular weight excluding hydrogens is 455 g/mol. The lowest BCUT2D eigenvalue weighted by Gasteiger charge is -2.11. The van der Waals surface area contributed by atoms with Crippen LogP contribution in [0.5, 0.6) is 11.5 Å². The summed E-state index contributed by atoms with van der Waals surface area (Å²) in [7, 11) is 1.58. The number of hydrogen-bond acceptors (Lipinski definition) is 7. The van der Waals surface area contributed by atoms with Gasteiger partial charge in [0.05, 0.1) is 35.5 Å². The van der Waals surface area contributed by atoms with Crippen molar-refractivity contribution in [2.75, 3.05) is 19.0 Å². The second-order valence-corrected chi connectivity index (χ2v) is 8.39. The standard InChI is InChI=1S/C22H22Cl2N4O4/c1-11(25)20-19(21(29)27-18-14(23)8-26-9-15(18)24)28-22(32-20)13-5-6-16(30-2)17(7-13)31-10-12-3-4-12/h5-9,11-12H,3-4,10,25H2,1-2H3,(H,26,27,29)/t11-/m0/s1. The number of halogens is 2. The molecule has 0 spiro atoms. The minimum atomic E-state index is -0.579. The first-order valence-corrected chi connectivity index (χ1v) is 10.8. The summed E-state index contributed by atoms with van der Waals surface area (Å²) in [6, 6.07) is 4.74. The second-order valence-electron chi connectivity index (χ2n) is 7.57. The van der Waals surface area contributed by atoms with Crippen molar-refractivity contribution in [2.45, 2.75) is 25.8 Å². The van der Waals surface area contributed by atoms with Crippen molar-refractivity contribution in [3.8, 4) is 23.0 Å². The van der Waals surface area contributed by atoms with E-state index in [1.165, 1.54) is 25.2 Å². The first kappa shape index (κ1) is 22.4. The Bertz CT molecular complexity index is 1120. The number of methoxy groups -OCH3 is 1. The summed E-state index contributed by atoms with van der Waals surface area (Å²) in [5.74, 6) is 1.67. The van der Waals surface area contributed by atoms with Crippen LogP contribution < -0.4 is 20.5 Å². The number of amides is 1. The van der Waals surface area contributed by atoms with Crippen molar-refractivity contribution >= 4 is 34.8 Å². The quantitative estimate of drug-likeness (QED) is 0.464. The zero-order chi connectivity index (χ0) is 22.8. The second kappa shape index (κ2) is 9.36. The van der Waals surface area contributed by atoms with Gasteiger partial charge in [-0.1, -0.05) is 23.2 Å². The Balaban J connectivity index is 1.65. The molecule has 10 heteroatoms. The van der Waals surface area contributed by atoms with Crippen molar-refractivity contribution in [1.29, 1.82) is 0 Å². The van der Waals surface area contributed by atoms with Gasteiger partial charge in [-0.25, -0.2) is 4.98 Å². The van der Waals surface area contributed by atoms with Gasteiger partial charge in [-0.05, 0) is 43.9 Å². The van der Waals surface area contributed by atoms with Crippen LogP contribution in [0.15, 0.2) is 35.0 Å². The summed E-state index contributed by atoms with van der Waals surface area (Å²) >= 11 is 12.2. The van der Waals surface area contributed by atoms with Gasteiger partial charge in [0.2, 0.25) is 5.89 Å². The first-order chi connectivity index (χ1) is 15.4. The number of anilines is 1. The topological polar surface area (TPSA) is 112 Å². The summed E-state index contributed by atoms with van der Waals surface area (Å²) < 4.78 is 17.2. The fourth-order valence-corrected chi connectivity index (χ4v) is 3.50. The van der Waals surface area contributed by atoms with Gasteiger partial charge in [0, 0.05) is 18.0 Å². The van der Waals surface area contributed by atoms with Crippen LogP contribution in [-0.2, 0) is 0 Å². The number of ether oxygens (including phenoxy) is 2. The molecule has 1 fully saturated rings. The molecule has 1 atom stereocenters. The normalized spacial score (nSPS) is 14.2. The highest BCUT2D eigenvalue weighted by Gasteiger charge is 2.26. The minimum absolute atomic E-state index is 0.0372. The molecule has 0 unspecified atom stereocenters. The van der Waals surface area contributed by atoms with Crippen LogP contribution in [-0.4, -0.2) is 29.6 Å². The SMILES string of the molecule is COc1ccc(-c2nc(C(=O)Nc3c(Cl)cncc3Cl)c([C@H](C)N)o2)cc1OCC1CC1. The van der Waals surface area contributed by atoms with Crippen molar-refractivity contribution in [1.82, 2.24) is 9.97 Å². The Morgan fingerprint density at radius 1 is 1.28 bits per heavy atom. The predicted octanol–water partition coefficient (Wildman–Crippen LogP) is 5.11. The summed E-state index contributed by atoms with van der Waals surface area (Å²) in [5, 5.41) is 3.06. The maximum absolute atomic E-state index is 13.0. The summed E-state index contributed by atoms with van der Waals surface area (Å²) in [6.45, 7) is 2.32. The highest BCUT2D eigenvalue weighted by molar-refractivity contribution is 6.39. The van der Waals surface area contributed by atoms with Gasteiger partial charge in [-0.2, -0.15) is 0 Å². The van der Waals surface area contributed by atoms with E-state index in [2.05, 4.69) is 15.3 Å². The van der Waals surface area contributed by atoms with E-state index in [-0.39, 0.29) is 33.1 Å². The smallest absolute Gasteiger partial charge is 0.278 e. The molecule has 8 nitrogen and oxygen atoms in total. The van der Waals surface area contributed by atoms with Crippen molar-refractivity contribution in [3.63, 3.8) is 0 Å². The lowest BCUT2D eigenvalue weighted by atomic mass is 10.2. The van der Waals surface area contributed by atoms with Gasteiger partial charge in [0.1, 0.15) is 0 Å². The number of nitrogens with zero attached hydrogens (tertiary/aromatic N) is 2. The first-order valence-electron chi connectivity index (χ1n) is 10.0. The number of hydrogen-bond donors (Lipinski definition) is 2. The van der Waals surface area contributed by atoms with Crippen molar-refractivity contribution < 1.29 is 18.7 Å². The van der Waals surface area contributed by atoms with Gasteiger partial charge in [0.25, 0.3) is 5.91 Å². The monoisotopic (exact) mass is 476 g/mol. The van der Waals surface area contributed by atoms with E-state index in [0.717, 1.165) is 0 Å². The van der Waals surface area contributed by atoms with Crippen LogP contribution >= 0.6 is 23.2 Å². The Morgan fingerprint density at radius 2 is 2.00 bits per heavy atom. The number of benzene rings is 1. The molecule has 1 saturated carbocycles. The summed E-state index contributed by atoms with van der Waals surface area (Å²) in [6.07, 6.45) is 5.10. The van der Waals surface area contributed by atoms with E-state index in [0.29, 0.717) is 29.6 Å². The molecule has 2 heterocycles. The van der Waals surface area contributed by atoms with Crippen LogP contribution in [0.25, 0.3) is 11.5 Å². The zero-order valence-electron chi connectivity index (χ0n) is 17.5. The van der Waals surface area contributed by atoms with Gasteiger partial charge in [-0.15, -0.1) is 0 Å². The van der Waals surface area contributed by atoms with Gasteiger partial charge in [-0.3, -0.25) is 9.78 Å². The highest BCUT2D eigenvalue weighted by atomic mass is 35.5. The van der Waals surface area contributed by atoms with Crippen LogP contribution in [0.4, 0.5) is 5.69 Å². The molecule has 1 aliphatic rings. The zero-order valence-corrected chi connectivity index (χ0v) is 19.0. The average Bonchev–Trinajstić information content (AvgIpc) is 3.49. The molecular formula is C22H22Cl2N4O4. The van der Waals surface area contributed by atoms with Crippen molar-refractivity contribution in [2.24, 2.45) is 11.7 Å². The van der Waals surface area contributed by atoms with Crippen LogP contribution in [0.1, 0.15) is 42.1 Å². The number of pyridine rings is 1. The van der Waals surface area contributed by atoms with Crippen molar-refractivity contribution in [3.05, 3.63) is 52.1 Å². The number of oxazole rings is 1. The number of nitrogens with one attached hydrogen (secondary N) is 1. The molecule has 168 valence electrons. The molecule has 0 aliphatic heterocycles. The van der Waals surface area contributed by atoms with Gasteiger partial charge in [0.15, 0.2) is 23.0 Å². The summed E-state index contributed by atoms with van der Waals surface area (Å²) in [5.41, 5.74) is 6.93. The molecule has 1 aliphatic carbocycles. The van der Waals surface area contributed by atoms with Gasteiger partial charge < -0.3 is 24.9 Å². The van der Waals surface area contributed by atoms with Crippen LogP contribution in [0.2, 0.25) is 10.0 Å². The number of nitrogens with two attached hydrogens (primary N) is 1. The molecule has 3 aromatic rings. The maximum atomic E-state index is 13.0. The predicted molar refractivity (Wildman–Crippen MR) is 122 cm³/mol. The Hall–Kier alpha value is -2.81. The van der Waals surface area contributed by atoms with E-state index in [1.54, 1.807) is 32.2 Å². The molecule has 0 bridgehead atoms. The van der Waals surface area contributed by atoms with E-state index in [9.17, 15) is 4.79 Å². The molecule has 1 amide bonds. The van der Waals surface area contributed by atoms with E-state index < -0.39 is 11.9 Å². The van der Waals surface area contributed by atoms with E-state index >= 15 is 0 Å². The Labute approximate surface area is 195 Å². The number of carbonyl (C=O) groups excluding carboxylic acids is 1. The fraction of sp³-hybridized carbons (Fsp3) is 0.318. The number of rotatable bonds is 8. The minimum Gasteiger partial charge on any atom is -0.493 e. The average molecular weight is 477 g/mol. The molecule has 4 rings (SSSR count). The molecule has 2 aromatic heterocycles. The Morgan fingerprint density at radius 3 is 2.62 bits per heavy atom. The third-order valence-electron chi connectivity index (χ3n) is 4.96. The van der Waals surface area contributed by atoms with Crippen LogP contribution in [0.3, 0.4) is 0 Å². The number of carbonyl (C=O) groups is 1. The molecule has 0 saturated heterocycles. The molecule has 32 heavy (non-hydrogen) atoms. The molecule has 1 aromatic carbocycles. The number of aromatic nitrogens is 2. The summed E-state index contributed by atoms with van der Waals surface area (Å²) in [4.78, 5) is 21.2. The van der Waals surface area contributed by atoms with E-state index in [4.69, 9.17) is 42.8 Å². The molecule has 0 radical (unpaired) electrons. The highest BCUT2D eigenvalue weighted by Crippen LogP contribution is 2.36. The van der Waals surface area contributed by atoms with E-state index in [1.807, 2.05) is 0 Å². The lowest BCUT2D eigenvalue weighted by molar-refractivity contribution is 0.102. The third-order valence-corrected chi connectivity index (χ3v) is 5.53. The van der Waals surface area contributed by atoms with Crippen LogP contribution in [0, 0.1) is 5.92 Å². The van der Waals surface area contributed by atoms with Gasteiger partial charge >= 0.3 is 0 Å². The lowest BCUT2D eigenvalue weighted by Crippen LogP contribution is -2.17.